The van der Waals surface area contributed by atoms with Crippen molar-refractivity contribution < 1.29 is 4.74 Å². The number of hydrogen-bond acceptors (Lipinski definition) is 4. The van der Waals surface area contributed by atoms with E-state index in [4.69, 9.17) is 21.3 Å². The topological polar surface area (TPSA) is 52.8 Å². The average molecular weight is 307 g/mol. The van der Waals surface area contributed by atoms with E-state index in [1.54, 1.807) is 16.9 Å². The SMILES string of the molecule is CCOC1(c2nc(Cl)cc(-c3cnn(C)c3)n2)CCCC1. The lowest BCUT2D eigenvalue weighted by Gasteiger charge is -2.27. The smallest absolute Gasteiger partial charge is 0.162 e. The molecule has 0 atom stereocenters. The second-order valence-electron chi connectivity index (χ2n) is 5.44. The third-order valence-corrected chi connectivity index (χ3v) is 4.13. The van der Waals surface area contributed by atoms with Crippen LogP contribution in [0.3, 0.4) is 0 Å². The molecule has 21 heavy (non-hydrogen) atoms. The lowest BCUT2D eigenvalue weighted by atomic mass is 10.0. The maximum atomic E-state index is 6.21. The fourth-order valence-corrected chi connectivity index (χ4v) is 3.16. The molecule has 6 heteroatoms. The number of rotatable bonds is 4. The molecule has 0 aromatic carbocycles. The van der Waals surface area contributed by atoms with Crippen LogP contribution in [0.5, 0.6) is 0 Å². The zero-order chi connectivity index (χ0) is 14.9. The average Bonchev–Trinajstić information content (AvgIpc) is 3.08. The van der Waals surface area contributed by atoms with Crippen molar-refractivity contribution in [2.75, 3.05) is 6.61 Å². The van der Waals surface area contributed by atoms with E-state index < -0.39 is 0 Å². The molecule has 1 fully saturated rings. The molecule has 0 aliphatic heterocycles. The Morgan fingerprint density at radius 1 is 1.33 bits per heavy atom. The first-order valence-electron chi connectivity index (χ1n) is 7.31. The van der Waals surface area contributed by atoms with Gasteiger partial charge in [0.15, 0.2) is 5.82 Å². The quantitative estimate of drug-likeness (QED) is 0.813. The van der Waals surface area contributed by atoms with Crippen LogP contribution >= 0.6 is 11.6 Å². The normalized spacial score (nSPS) is 17.3. The van der Waals surface area contributed by atoms with E-state index in [2.05, 4.69) is 10.1 Å². The molecule has 1 aliphatic carbocycles. The van der Waals surface area contributed by atoms with Crippen molar-refractivity contribution in [3.8, 4) is 11.3 Å². The van der Waals surface area contributed by atoms with E-state index in [9.17, 15) is 0 Å². The molecule has 1 saturated carbocycles. The summed E-state index contributed by atoms with van der Waals surface area (Å²) in [6.07, 6.45) is 7.88. The van der Waals surface area contributed by atoms with Crippen LogP contribution < -0.4 is 0 Å². The van der Waals surface area contributed by atoms with Gasteiger partial charge >= 0.3 is 0 Å². The minimum Gasteiger partial charge on any atom is -0.367 e. The van der Waals surface area contributed by atoms with Gasteiger partial charge in [0, 0.05) is 31.5 Å². The van der Waals surface area contributed by atoms with Gasteiger partial charge in [0.05, 0.1) is 11.9 Å². The summed E-state index contributed by atoms with van der Waals surface area (Å²) in [4.78, 5) is 9.16. The van der Waals surface area contributed by atoms with E-state index in [1.165, 1.54) is 0 Å². The van der Waals surface area contributed by atoms with Gasteiger partial charge in [-0.25, -0.2) is 9.97 Å². The van der Waals surface area contributed by atoms with Crippen molar-refractivity contribution in [2.45, 2.75) is 38.2 Å². The highest BCUT2D eigenvalue weighted by molar-refractivity contribution is 6.29. The lowest BCUT2D eigenvalue weighted by Crippen LogP contribution is -2.29. The summed E-state index contributed by atoms with van der Waals surface area (Å²) in [7, 11) is 1.88. The van der Waals surface area contributed by atoms with Gasteiger partial charge in [0.2, 0.25) is 0 Å². The lowest BCUT2D eigenvalue weighted by molar-refractivity contribution is -0.0456. The Hall–Kier alpha value is -1.46. The van der Waals surface area contributed by atoms with Gasteiger partial charge in [0.1, 0.15) is 10.8 Å². The molecule has 2 aromatic rings. The number of ether oxygens (including phenoxy) is 1. The Bertz CT molecular complexity index is 634. The van der Waals surface area contributed by atoms with Crippen molar-refractivity contribution >= 4 is 11.6 Å². The molecule has 1 aliphatic rings. The number of hydrogen-bond donors (Lipinski definition) is 0. The number of aromatic nitrogens is 4. The van der Waals surface area contributed by atoms with Gasteiger partial charge in [-0.2, -0.15) is 5.10 Å². The van der Waals surface area contributed by atoms with Crippen molar-refractivity contribution in [1.82, 2.24) is 19.7 Å². The monoisotopic (exact) mass is 306 g/mol. The van der Waals surface area contributed by atoms with Gasteiger partial charge in [-0.15, -0.1) is 0 Å². The molecule has 5 nitrogen and oxygen atoms in total. The van der Waals surface area contributed by atoms with Gasteiger partial charge in [-0.1, -0.05) is 11.6 Å². The Labute approximate surface area is 129 Å². The van der Waals surface area contributed by atoms with Crippen LogP contribution in [0.1, 0.15) is 38.4 Å². The minimum absolute atomic E-state index is 0.378. The van der Waals surface area contributed by atoms with Crippen LogP contribution in [0.25, 0.3) is 11.3 Å². The first-order chi connectivity index (χ1) is 10.1. The van der Waals surface area contributed by atoms with Gasteiger partial charge in [0.25, 0.3) is 0 Å². The Balaban J connectivity index is 2.04. The standard InChI is InChI=1S/C15H19ClN4O/c1-3-21-15(6-4-5-7-15)14-18-12(8-13(16)19-14)11-9-17-20(2)10-11/h8-10H,3-7H2,1-2H3. The Kier molecular flexibility index (Phi) is 3.95. The van der Waals surface area contributed by atoms with Gasteiger partial charge < -0.3 is 4.74 Å². The fraction of sp³-hybridized carbons (Fsp3) is 0.533. The third kappa shape index (κ3) is 2.80. The maximum absolute atomic E-state index is 6.21. The number of aryl methyl sites for hydroxylation is 1. The van der Waals surface area contributed by atoms with Crippen LogP contribution in [0, 0.1) is 0 Å². The summed E-state index contributed by atoms with van der Waals surface area (Å²) in [6, 6.07) is 1.77. The van der Waals surface area contributed by atoms with Crippen molar-refractivity contribution in [2.24, 2.45) is 7.05 Å². The van der Waals surface area contributed by atoms with E-state index >= 15 is 0 Å². The zero-order valence-corrected chi connectivity index (χ0v) is 13.1. The summed E-state index contributed by atoms with van der Waals surface area (Å²) >= 11 is 6.21. The van der Waals surface area contributed by atoms with Crippen LogP contribution in [0.4, 0.5) is 0 Å². The summed E-state index contributed by atoms with van der Waals surface area (Å²) in [6.45, 7) is 2.66. The van der Waals surface area contributed by atoms with Crippen LogP contribution in [-0.2, 0) is 17.4 Å². The summed E-state index contributed by atoms with van der Waals surface area (Å²) in [5.41, 5.74) is 1.35. The number of halogens is 1. The van der Waals surface area contributed by atoms with Crippen molar-refractivity contribution in [3.63, 3.8) is 0 Å². The van der Waals surface area contributed by atoms with Crippen LogP contribution in [0.15, 0.2) is 18.5 Å². The molecule has 0 N–H and O–H groups in total. The predicted molar refractivity (Wildman–Crippen MR) is 81.0 cm³/mol. The third-order valence-electron chi connectivity index (χ3n) is 3.93. The van der Waals surface area contributed by atoms with E-state index in [1.807, 2.05) is 20.2 Å². The molecular weight excluding hydrogens is 288 g/mol. The molecule has 0 radical (unpaired) electrons. The summed E-state index contributed by atoms with van der Waals surface area (Å²) in [5.74, 6) is 0.702. The highest BCUT2D eigenvalue weighted by atomic mass is 35.5. The molecule has 2 heterocycles. The highest BCUT2D eigenvalue weighted by Gasteiger charge is 2.39. The first kappa shape index (κ1) is 14.5. The number of nitrogens with zero attached hydrogens (tertiary/aromatic N) is 4. The molecule has 0 saturated heterocycles. The van der Waals surface area contributed by atoms with Crippen molar-refractivity contribution in [3.05, 3.63) is 29.4 Å². The first-order valence-corrected chi connectivity index (χ1v) is 7.69. The summed E-state index contributed by atoms with van der Waals surface area (Å²) < 4.78 is 7.77. The molecular formula is C15H19ClN4O. The predicted octanol–water partition coefficient (Wildman–Crippen LogP) is 3.34. The Morgan fingerprint density at radius 2 is 2.10 bits per heavy atom. The maximum Gasteiger partial charge on any atom is 0.162 e. The zero-order valence-electron chi connectivity index (χ0n) is 12.3. The molecule has 0 bridgehead atoms. The molecule has 0 amide bonds. The molecule has 2 aromatic heterocycles. The molecule has 0 spiro atoms. The second kappa shape index (κ2) is 5.73. The Morgan fingerprint density at radius 3 is 2.71 bits per heavy atom. The molecule has 112 valence electrons. The minimum atomic E-state index is -0.378. The fourth-order valence-electron chi connectivity index (χ4n) is 2.98. The van der Waals surface area contributed by atoms with Crippen LogP contribution in [0.2, 0.25) is 5.15 Å². The summed E-state index contributed by atoms with van der Waals surface area (Å²) in [5, 5.41) is 4.63. The van der Waals surface area contributed by atoms with Crippen molar-refractivity contribution in [1.29, 1.82) is 0 Å². The molecule has 3 rings (SSSR count). The largest absolute Gasteiger partial charge is 0.367 e. The van der Waals surface area contributed by atoms with E-state index in [0.717, 1.165) is 36.9 Å². The van der Waals surface area contributed by atoms with E-state index in [-0.39, 0.29) is 5.60 Å². The van der Waals surface area contributed by atoms with Gasteiger partial charge in [-0.05, 0) is 32.6 Å². The second-order valence-corrected chi connectivity index (χ2v) is 5.82. The highest BCUT2D eigenvalue weighted by Crippen LogP contribution is 2.41. The van der Waals surface area contributed by atoms with Crippen LogP contribution in [-0.4, -0.2) is 26.4 Å². The van der Waals surface area contributed by atoms with E-state index in [0.29, 0.717) is 17.6 Å². The molecule has 0 unspecified atom stereocenters. The van der Waals surface area contributed by atoms with Gasteiger partial charge in [-0.3, -0.25) is 4.68 Å².